The summed E-state index contributed by atoms with van der Waals surface area (Å²) in [4.78, 5) is 18.8. The normalized spacial score (nSPS) is 16.0. The average molecular weight is 356 g/mol. The first-order valence-corrected chi connectivity index (χ1v) is 9.64. The van der Waals surface area contributed by atoms with Gasteiger partial charge in [0.25, 0.3) is 0 Å². The fourth-order valence-electron chi connectivity index (χ4n) is 3.27. The fourth-order valence-corrected chi connectivity index (χ4v) is 3.27. The van der Waals surface area contributed by atoms with Gasteiger partial charge >= 0.3 is 0 Å². The quantitative estimate of drug-likeness (QED) is 0.826. The molecule has 6 heteroatoms. The van der Waals surface area contributed by atoms with Gasteiger partial charge in [-0.25, -0.2) is 0 Å². The van der Waals surface area contributed by atoms with E-state index in [1.54, 1.807) is 0 Å². The van der Waals surface area contributed by atoms with Crippen molar-refractivity contribution in [3.8, 4) is 0 Å². The van der Waals surface area contributed by atoms with Gasteiger partial charge in [0, 0.05) is 19.4 Å². The highest BCUT2D eigenvalue weighted by molar-refractivity contribution is 5.75. The van der Waals surface area contributed by atoms with E-state index in [1.165, 1.54) is 32.1 Å². The van der Waals surface area contributed by atoms with Crippen molar-refractivity contribution in [1.82, 2.24) is 20.4 Å². The van der Waals surface area contributed by atoms with Crippen LogP contribution in [-0.4, -0.2) is 40.6 Å². The molecule has 1 fully saturated rings. The summed E-state index contributed by atoms with van der Waals surface area (Å²) < 4.78 is 5.23. The summed E-state index contributed by atoms with van der Waals surface area (Å²) in [6.45, 7) is 3.34. The number of amides is 1. The van der Waals surface area contributed by atoms with Gasteiger partial charge in [0.15, 0.2) is 5.82 Å². The first-order valence-electron chi connectivity index (χ1n) is 9.64. The highest BCUT2D eigenvalue weighted by Gasteiger charge is 2.12. The summed E-state index contributed by atoms with van der Waals surface area (Å²) in [6.07, 6.45) is 7.61. The molecule has 1 amide bonds. The molecule has 1 aromatic carbocycles. The van der Waals surface area contributed by atoms with Crippen LogP contribution in [0.5, 0.6) is 0 Å². The summed E-state index contributed by atoms with van der Waals surface area (Å²) in [5, 5.41) is 6.86. The predicted molar refractivity (Wildman–Crippen MR) is 99.5 cm³/mol. The van der Waals surface area contributed by atoms with Crippen molar-refractivity contribution in [2.45, 2.75) is 51.5 Å². The Morgan fingerprint density at radius 3 is 2.58 bits per heavy atom. The number of aromatic nitrogens is 2. The highest BCUT2D eigenvalue weighted by atomic mass is 16.5. The van der Waals surface area contributed by atoms with Crippen LogP contribution < -0.4 is 5.32 Å². The third-order valence-electron chi connectivity index (χ3n) is 4.76. The van der Waals surface area contributed by atoms with Crippen LogP contribution in [0.2, 0.25) is 0 Å². The summed E-state index contributed by atoms with van der Waals surface area (Å²) in [5.41, 5.74) is 1.14. The molecule has 0 saturated carbocycles. The monoisotopic (exact) mass is 356 g/mol. The van der Waals surface area contributed by atoms with Crippen LogP contribution in [0.3, 0.4) is 0 Å². The van der Waals surface area contributed by atoms with Crippen LogP contribution in [0, 0.1) is 0 Å². The van der Waals surface area contributed by atoms with Gasteiger partial charge < -0.3 is 14.7 Å². The Balaban J connectivity index is 1.37. The number of carbonyl (C=O) groups is 1. The predicted octanol–water partition coefficient (Wildman–Crippen LogP) is 2.93. The zero-order valence-electron chi connectivity index (χ0n) is 15.3. The van der Waals surface area contributed by atoms with Crippen LogP contribution in [-0.2, 0) is 17.8 Å². The molecule has 2 aromatic rings. The van der Waals surface area contributed by atoms with E-state index in [4.69, 9.17) is 4.52 Å². The minimum absolute atomic E-state index is 0.0369. The molecule has 1 N–H and O–H groups in total. The maximum Gasteiger partial charge on any atom is 0.246 e. The van der Waals surface area contributed by atoms with Crippen LogP contribution >= 0.6 is 0 Å². The maximum absolute atomic E-state index is 12.1. The molecule has 0 aliphatic carbocycles. The van der Waals surface area contributed by atoms with Gasteiger partial charge in [0.1, 0.15) is 0 Å². The van der Waals surface area contributed by atoms with Gasteiger partial charge in [-0.1, -0.05) is 54.8 Å². The molecule has 26 heavy (non-hydrogen) atoms. The summed E-state index contributed by atoms with van der Waals surface area (Å²) in [6, 6.07) is 10.0. The van der Waals surface area contributed by atoms with Gasteiger partial charge in [-0.15, -0.1) is 0 Å². The third kappa shape index (κ3) is 6.26. The van der Waals surface area contributed by atoms with Crippen molar-refractivity contribution in [1.29, 1.82) is 0 Å². The van der Waals surface area contributed by atoms with E-state index in [0.717, 1.165) is 25.2 Å². The zero-order valence-corrected chi connectivity index (χ0v) is 15.3. The van der Waals surface area contributed by atoms with Crippen molar-refractivity contribution in [3.63, 3.8) is 0 Å². The van der Waals surface area contributed by atoms with Crippen molar-refractivity contribution in [2.75, 3.05) is 19.6 Å². The molecule has 0 unspecified atom stereocenters. The van der Waals surface area contributed by atoms with E-state index < -0.39 is 0 Å². The third-order valence-corrected chi connectivity index (χ3v) is 4.76. The van der Waals surface area contributed by atoms with Crippen molar-refractivity contribution in [2.24, 2.45) is 0 Å². The summed E-state index contributed by atoms with van der Waals surface area (Å²) in [5.74, 6) is 1.13. The number of likely N-dealkylation sites (tertiary alicyclic amines) is 1. The van der Waals surface area contributed by atoms with Gasteiger partial charge in [-0.2, -0.15) is 4.98 Å². The number of benzene rings is 1. The Labute approximate surface area is 155 Å². The van der Waals surface area contributed by atoms with Gasteiger partial charge in [-0.05, 0) is 31.5 Å². The lowest BCUT2D eigenvalue weighted by atomic mass is 10.1. The second kappa shape index (κ2) is 10.1. The lowest BCUT2D eigenvalue weighted by Gasteiger charge is -2.24. The minimum atomic E-state index is 0.0369. The Morgan fingerprint density at radius 2 is 1.81 bits per heavy atom. The number of rotatable bonds is 7. The molecule has 0 bridgehead atoms. The Morgan fingerprint density at radius 1 is 1.08 bits per heavy atom. The van der Waals surface area contributed by atoms with E-state index in [2.05, 4.69) is 20.4 Å². The highest BCUT2D eigenvalue weighted by Crippen LogP contribution is 2.10. The van der Waals surface area contributed by atoms with Crippen molar-refractivity contribution < 1.29 is 9.32 Å². The molecule has 3 rings (SSSR count). The molecular weight excluding hydrogens is 328 g/mol. The van der Waals surface area contributed by atoms with Crippen molar-refractivity contribution >= 4 is 5.91 Å². The number of hydrogen-bond donors (Lipinski definition) is 1. The summed E-state index contributed by atoms with van der Waals surface area (Å²) >= 11 is 0. The molecule has 1 aromatic heterocycles. The standard InChI is InChI=1S/C20H28N4O2/c25-19(11-14-24-12-7-2-1-3-8-13-24)21-16-20-22-18(23-26-20)15-17-9-5-4-6-10-17/h4-6,9-10H,1-3,7-8,11-16H2,(H,21,25). The minimum Gasteiger partial charge on any atom is -0.347 e. The van der Waals surface area contributed by atoms with Gasteiger partial charge in [0.2, 0.25) is 11.8 Å². The molecule has 0 radical (unpaired) electrons. The Bertz CT molecular complexity index is 663. The molecular formula is C20H28N4O2. The van der Waals surface area contributed by atoms with E-state index >= 15 is 0 Å². The first-order chi connectivity index (χ1) is 12.8. The second-order valence-corrected chi connectivity index (χ2v) is 6.90. The number of nitrogens with zero attached hydrogens (tertiary/aromatic N) is 3. The number of carbonyl (C=O) groups excluding carboxylic acids is 1. The molecule has 1 aliphatic rings. The number of nitrogens with one attached hydrogen (secondary N) is 1. The van der Waals surface area contributed by atoms with E-state index in [0.29, 0.717) is 31.1 Å². The number of hydrogen-bond acceptors (Lipinski definition) is 5. The molecule has 1 aliphatic heterocycles. The van der Waals surface area contributed by atoms with E-state index in [9.17, 15) is 4.79 Å². The molecule has 1 saturated heterocycles. The first kappa shape index (κ1) is 18.6. The van der Waals surface area contributed by atoms with Crippen molar-refractivity contribution in [3.05, 3.63) is 47.6 Å². The fraction of sp³-hybridized carbons (Fsp3) is 0.550. The second-order valence-electron chi connectivity index (χ2n) is 6.90. The molecule has 2 heterocycles. The topological polar surface area (TPSA) is 71.3 Å². The van der Waals surface area contributed by atoms with Gasteiger partial charge in [-0.3, -0.25) is 4.79 Å². The smallest absolute Gasteiger partial charge is 0.246 e. The zero-order chi connectivity index (χ0) is 18.0. The van der Waals surface area contributed by atoms with E-state index in [1.807, 2.05) is 30.3 Å². The Kier molecular flexibility index (Phi) is 7.19. The molecule has 6 nitrogen and oxygen atoms in total. The lowest BCUT2D eigenvalue weighted by molar-refractivity contribution is -0.121. The van der Waals surface area contributed by atoms with Crippen LogP contribution in [0.25, 0.3) is 0 Å². The lowest BCUT2D eigenvalue weighted by Crippen LogP contribution is -2.32. The SMILES string of the molecule is O=C(CCN1CCCCCCC1)NCc1nc(Cc2ccccc2)no1. The van der Waals surface area contributed by atoms with Crippen LogP contribution in [0.4, 0.5) is 0 Å². The van der Waals surface area contributed by atoms with Gasteiger partial charge in [0.05, 0.1) is 6.54 Å². The molecule has 0 atom stereocenters. The maximum atomic E-state index is 12.1. The van der Waals surface area contributed by atoms with Crippen LogP contribution in [0.1, 0.15) is 55.8 Å². The molecule has 0 spiro atoms. The Hall–Kier alpha value is -2.21. The van der Waals surface area contributed by atoms with Crippen LogP contribution in [0.15, 0.2) is 34.9 Å². The average Bonchev–Trinajstić information content (AvgIpc) is 3.07. The summed E-state index contributed by atoms with van der Waals surface area (Å²) in [7, 11) is 0. The molecule has 140 valence electrons. The van der Waals surface area contributed by atoms with E-state index in [-0.39, 0.29) is 5.91 Å². The largest absolute Gasteiger partial charge is 0.347 e.